The van der Waals surface area contributed by atoms with Crippen LogP contribution in [-0.4, -0.2) is 43.6 Å². The molecule has 0 spiro atoms. The third-order valence-electron chi connectivity index (χ3n) is 3.53. The van der Waals surface area contributed by atoms with Gasteiger partial charge >= 0.3 is 0 Å². The Morgan fingerprint density at radius 3 is 2.79 bits per heavy atom. The standard InChI is InChI=1S/C12H21N3O3S/c1-9(2)15-6-10(3)12(7-15)14-19(16,17)8-11-4-5-18-13-11/h4-5,9-10,12,14H,6-8H2,1-3H3. The molecule has 0 amide bonds. The maximum Gasteiger partial charge on any atom is 0.217 e. The Bertz CT molecular complexity index is 498. The minimum absolute atomic E-state index is 0.0284. The molecule has 1 aromatic rings. The van der Waals surface area contributed by atoms with Crippen LogP contribution in [0.1, 0.15) is 26.5 Å². The van der Waals surface area contributed by atoms with Crippen LogP contribution >= 0.6 is 0 Å². The Hall–Kier alpha value is -0.920. The quantitative estimate of drug-likeness (QED) is 0.868. The molecule has 108 valence electrons. The first-order valence-electron chi connectivity index (χ1n) is 6.50. The lowest BCUT2D eigenvalue weighted by Crippen LogP contribution is -2.41. The molecule has 2 atom stereocenters. The number of hydrogen-bond donors (Lipinski definition) is 1. The van der Waals surface area contributed by atoms with Crippen LogP contribution in [0.4, 0.5) is 0 Å². The van der Waals surface area contributed by atoms with Crippen molar-refractivity contribution < 1.29 is 12.9 Å². The summed E-state index contributed by atoms with van der Waals surface area (Å²) in [6.07, 6.45) is 1.38. The van der Waals surface area contributed by atoms with Gasteiger partial charge < -0.3 is 4.52 Å². The van der Waals surface area contributed by atoms with Crippen LogP contribution in [0.3, 0.4) is 0 Å². The van der Waals surface area contributed by atoms with Crippen LogP contribution in [0.15, 0.2) is 16.9 Å². The monoisotopic (exact) mass is 287 g/mol. The van der Waals surface area contributed by atoms with E-state index in [2.05, 4.69) is 40.1 Å². The number of nitrogens with zero attached hydrogens (tertiary/aromatic N) is 2. The summed E-state index contributed by atoms with van der Waals surface area (Å²) in [4.78, 5) is 2.29. The van der Waals surface area contributed by atoms with Gasteiger partial charge in [-0.25, -0.2) is 13.1 Å². The predicted molar refractivity (Wildman–Crippen MR) is 71.9 cm³/mol. The molecule has 6 nitrogen and oxygen atoms in total. The Kier molecular flexibility index (Phi) is 4.27. The molecule has 2 rings (SSSR count). The summed E-state index contributed by atoms with van der Waals surface area (Å²) >= 11 is 0. The maximum absolute atomic E-state index is 12.1. The summed E-state index contributed by atoms with van der Waals surface area (Å²) in [7, 11) is -3.37. The SMILES string of the molecule is CC1CN(C(C)C)CC1NS(=O)(=O)Cc1ccon1. The minimum atomic E-state index is -3.37. The number of hydrogen-bond acceptors (Lipinski definition) is 5. The van der Waals surface area contributed by atoms with Gasteiger partial charge in [0.25, 0.3) is 0 Å². The van der Waals surface area contributed by atoms with E-state index in [1.54, 1.807) is 6.07 Å². The van der Waals surface area contributed by atoms with Gasteiger partial charge in [0.2, 0.25) is 10.0 Å². The van der Waals surface area contributed by atoms with Crippen LogP contribution < -0.4 is 4.72 Å². The molecule has 1 N–H and O–H groups in total. The minimum Gasteiger partial charge on any atom is -0.364 e. The van der Waals surface area contributed by atoms with Crippen LogP contribution in [0, 0.1) is 5.92 Å². The van der Waals surface area contributed by atoms with Gasteiger partial charge in [-0.15, -0.1) is 0 Å². The van der Waals surface area contributed by atoms with Crippen molar-refractivity contribution in [1.29, 1.82) is 0 Å². The van der Waals surface area contributed by atoms with Crippen molar-refractivity contribution in [2.24, 2.45) is 5.92 Å². The molecule has 19 heavy (non-hydrogen) atoms. The molecule has 1 aliphatic rings. The molecule has 2 heterocycles. The number of nitrogens with one attached hydrogen (secondary N) is 1. The van der Waals surface area contributed by atoms with E-state index in [0.29, 0.717) is 17.7 Å². The van der Waals surface area contributed by atoms with Crippen molar-refractivity contribution in [3.05, 3.63) is 18.0 Å². The van der Waals surface area contributed by atoms with E-state index in [4.69, 9.17) is 0 Å². The van der Waals surface area contributed by atoms with Gasteiger partial charge in [0.1, 0.15) is 12.0 Å². The summed E-state index contributed by atoms with van der Waals surface area (Å²) in [5, 5.41) is 3.63. The van der Waals surface area contributed by atoms with Crippen molar-refractivity contribution in [2.75, 3.05) is 13.1 Å². The summed E-state index contributed by atoms with van der Waals surface area (Å²) in [5.41, 5.74) is 0.430. The lowest BCUT2D eigenvalue weighted by Gasteiger charge is -2.20. The first-order valence-corrected chi connectivity index (χ1v) is 8.16. The molecular formula is C12H21N3O3S. The van der Waals surface area contributed by atoms with Gasteiger partial charge in [-0.1, -0.05) is 12.1 Å². The van der Waals surface area contributed by atoms with Gasteiger partial charge in [-0.2, -0.15) is 0 Å². The summed E-state index contributed by atoms with van der Waals surface area (Å²) in [5.74, 6) is 0.184. The van der Waals surface area contributed by atoms with Gasteiger partial charge in [-0.05, 0) is 19.8 Å². The van der Waals surface area contributed by atoms with Crippen molar-refractivity contribution in [1.82, 2.24) is 14.8 Å². The van der Waals surface area contributed by atoms with E-state index in [1.165, 1.54) is 6.26 Å². The number of aromatic nitrogens is 1. The fourth-order valence-electron chi connectivity index (χ4n) is 2.36. The van der Waals surface area contributed by atoms with E-state index in [1.807, 2.05) is 0 Å². The fourth-order valence-corrected chi connectivity index (χ4v) is 3.75. The highest BCUT2D eigenvalue weighted by Gasteiger charge is 2.33. The Morgan fingerprint density at radius 1 is 1.53 bits per heavy atom. The van der Waals surface area contributed by atoms with Crippen molar-refractivity contribution in [3.8, 4) is 0 Å². The highest BCUT2D eigenvalue weighted by Crippen LogP contribution is 2.19. The van der Waals surface area contributed by atoms with Gasteiger partial charge in [0.15, 0.2) is 0 Å². The van der Waals surface area contributed by atoms with E-state index in [0.717, 1.165) is 13.1 Å². The third kappa shape index (κ3) is 3.77. The average molecular weight is 287 g/mol. The van der Waals surface area contributed by atoms with Crippen LogP contribution in [0.2, 0.25) is 0 Å². The summed E-state index contributed by atoms with van der Waals surface area (Å²) < 4.78 is 31.6. The predicted octanol–water partition coefficient (Wildman–Crippen LogP) is 0.823. The van der Waals surface area contributed by atoms with E-state index in [9.17, 15) is 8.42 Å². The molecule has 0 aromatic carbocycles. The van der Waals surface area contributed by atoms with E-state index >= 15 is 0 Å². The molecular weight excluding hydrogens is 266 g/mol. The van der Waals surface area contributed by atoms with Crippen LogP contribution in [-0.2, 0) is 15.8 Å². The molecule has 0 saturated carbocycles. The highest BCUT2D eigenvalue weighted by atomic mass is 32.2. The fraction of sp³-hybridized carbons (Fsp3) is 0.750. The van der Waals surface area contributed by atoms with Crippen LogP contribution in [0.25, 0.3) is 0 Å². The van der Waals surface area contributed by atoms with Crippen molar-refractivity contribution in [3.63, 3.8) is 0 Å². The first kappa shape index (κ1) is 14.5. The molecule has 0 aliphatic carbocycles. The Balaban J connectivity index is 1.97. The summed E-state index contributed by atoms with van der Waals surface area (Å²) in [6.45, 7) is 8.01. The molecule has 1 fully saturated rings. The third-order valence-corrected chi connectivity index (χ3v) is 4.87. The lowest BCUT2D eigenvalue weighted by molar-refractivity contribution is 0.265. The molecule has 0 bridgehead atoms. The second-order valence-electron chi connectivity index (χ2n) is 5.50. The maximum atomic E-state index is 12.1. The number of likely N-dealkylation sites (tertiary alicyclic amines) is 1. The summed E-state index contributed by atoms with van der Waals surface area (Å²) in [6, 6.07) is 1.98. The normalized spacial score (nSPS) is 25.3. The number of rotatable bonds is 5. The Labute approximate surface area is 114 Å². The molecule has 0 radical (unpaired) electrons. The van der Waals surface area contributed by atoms with E-state index in [-0.39, 0.29) is 11.8 Å². The first-order chi connectivity index (χ1) is 8.87. The smallest absolute Gasteiger partial charge is 0.217 e. The topological polar surface area (TPSA) is 75.4 Å². The number of sulfonamides is 1. The average Bonchev–Trinajstić information content (AvgIpc) is 2.88. The second kappa shape index (κ2) is 5.60. The zero-order chi connectivity index (χ0) is 14.0. The largest absolute Gasteiger partial charge is 0.364 e. The van der Waals surface area contributed by atoms with Gasteiger partial charge in [-0.3, -0.25) is 4.90 Å². The zero-order valence-electron chi connectivity index (χ0n) is 11.5. The highest BCUT2D eigenvalue weighted by molar-refractivity contribution is 7.88. The van der Waals surface area contributed by atoms with Gasteiger partial charge in [0.05, 0.1) is 5.69 Å². The van der Waals surface area contributed by atoms with Gasteiger partial charge in [0, 0.05) is 31.2 Å². The van der Waals surface area contributed by atoms with Crippen molar-refractivity contribution in [2.45, 2.75) is 38.6 Å². The second-order valence-corrected chi connectivity index (χ2v) is 7.25. The lowest BCUT2D eigenvalue weighted by atomic mass is 10.1. The van der Waals surface area contributed by atoms with E-state index < -0.39 is 10.0 Å². The molecule has 2 unspecified atom stereocenters. The molecule has 7 heteroatoms. The Morgan fingerprint density at radius 2 is 2.26 bits per heavy atom. The van der Waals surface area contributed by atoms with Crippen LogP contribution in [0.5, 0.6) is 0 Å². The van der Waals surface area contributed by atoms with Crippen molar-refractivity contribution >= 4 is 10.0 Å². The molecule has 1 aromatic heterocycles. The molecule has 1 saturated heterocycles. The zero-order valence-corrected chi connectivity index (χ0v) is 12.4. The molecule has 1 aliphatic heterocycles.